The number of benzene rings is 1. The predicted molar refractivity (Wildman–Crippen MR) is 199 cm³/mol. The number of rotatable bonds is 8. The number of hydrogen-bond donors (Lipinski definition) is 1. The molecule has 0 saturated carbocycles. The zero-order valence-electron chi connectivity index (χ0n) is 30.7. The number of aromatic nitrogens is 5. The lowest BCUT2D eigenvalue weighted by molar-refractivity contribution is 0.0492. The second kappa shape index (κ2) is 12.8. The van der Waals surface area contributed by atoms with E-state index in [0.717, 1.165) is 53.8 Å². The molecule has 2 aliphatic rings. The molecule has 2 bridgehead atoms. The number of piperidine rings is 1. The molecule has 2 fully saturated rings. The molecule has 1 aromatic carbocycles. The van der Waals surface area contributed by atoms with E-state index in [4.69, 9.17) is 31.2 Å². The first-order valence-electron chi connectivity index (χ1n) is 17.4. The fourth-order valence-electron chi connectivity index (χ4n) is 7.09. The molecule has 1 N–H and O–H groups in total. The highest BCUT2D eigenvalue weighted by Crippen LogP contribution is 2.41. The zero-order chi connectivity index (χ0) is 35.6. The lowest BCUT2D eigenvalue weighted by atomic mass is 9.98. The molecule has 0 radical (unpaired) electrons. The molecule has 11 nitrogen and oxygen atoms in total. The van der Waals surface area contributed by atoms with Gasteiger partial charge >= 0.3 is 6.09 Å². The van der Waals surface area contributed by atoms with Gasteiger partial charge in [0.1, 0.15) is 12.3 Å². The van der Waals surface area contributed by atoms with E-state index in [2.05, 4.69) is 50.6 Å². The first-order valence-corrected chi connectivity index (χ1v) is 21.5. The number of nitrogens with zero attached hydrogens (tertiary/aromatic N) is 6. The molecule has 2 unspecified atom stereocenters. The molecular weight excluding hydrogens is 658 g/mol. The van der Waals surface area contributed by atoms with Gasteiger partial charge in [-0.05, 0) is 79.3 Å². The van der Waals surface area contributed by atoms with E-state index in [1.807, 2.05) is 54.5 Å². The standard InChI is InChI=1S/C36H52ClN7O4Si/c1-35(2,3)43-20-27-28(40-43)14-13-25(30(27)37)26-19-42(21-47-15-16-49(8,9)10)31-29(26)32(45)41(7)33(39-31)44-23-11-12-24(44)18-22(17-23)38-34(46)48-36(4,5)6/h13-14,19-20,22-24H,11-12,15-18,21H2,1-10H3,(H,38,46). The van der Waals surface area contributed by atoms with Crippen molar-refractivity contribution in [2.45, 2.75) is 129 Å². The van der Waals surface area contributed by atoms with Crippen LogP contribution in [0.3, 0.4) is 0 Å². The summed E-state index contributed by atoms with van der Waals surface area (Å²) in [6.07, 6.45) is 7.00. The third kappa shape index (κ3) is 7.28. The predicted octanol–water partition coefficient (Wildman–Crippen LogP) is 7.50. The Balaban J connectivity index is 1.40. The number of ether oxygens (including phenoxy) is 2. The van der Waals surface area contributed by atoms with Gasteiger partial charge in [0.25, 0.3) is 5.56 Å². The Kier molecular flexibility index (Phi) is 9.24. The fourth-order valence-corrected chi connectivity index (χ4v) is 8.15. The lowest BCUT2D eigenvalue weighted by Crippen LogP contribution is -2.52. The highest BCUT2D eigenvalue weighted by Gasteiger charge is 2.43. The van der Waals surface area contributed by atoms with Gasteiger partial charge in [-0.3, -0.25) is 14.0 Å². The molecule has 6 rings (SSSR count). The maximum atomic E-state index is 14.5. The van der Waals surface area contributed by atoms with E-state index in [1.165, 1.54) is 0 Å². The van der Waals surface area contributed by atoms with Crippen molar-refractivity contribution in [3.63, 3.8) is 0 Å². The molecule has 3 aromatic heterocycles. The fraction of sp³-hybridized carbons (Fsp3) is 0.611. The summed E-state index contributed by atoms with van der Waals surface area (Å²) in [7, 11) is 0.508. The number of amides is 1. The second-order valence-electron chi connectivity index (χ2n) is 17.0. The van der Waals surface area contributed by atoms with Crippen LogP contribution in [0.2, 0.25) is 30.7 Å². The number of fused-ring (bicyclic) bond motifs is 4. The highest BCUT2D eigenvalue weighted by atomic mass is 35.5. The van der Waals surface area contributed by atoms with Gasteiger partial charge in [0.15, 0.2) is 5.65 Å². The SMILES string of the molecule is Cn1c(N2C3CCC2CC(NC(=O)OC(C)(C)C)C3)nc2c(c(-c3ccc4nn(C(C)(C)C)cc4c3Cl)cn2COCC[Si](C)(C)C)c1=O. The summed E-state index contributed by atoms with van der Waals surface area (Å²) in [5.41, 5.74) is 1.97. The van der Waals surface area contributed by atoms with E-state index < -0.39 is 13.7 Å². The molecule has 49 heavy (non-hydrogen) atoms. The van der Waals surface area contributed by atoms with Crippen molar-refractivity contribution in [1.82, 2.24) is 29.2 Å². The molecule has 5 heterocycles. The number of carbonyl (C=O) groups is 1. The van der Waals surface area contributed by atoms with E-state index in [-0.39, 0.29) is 42.0 Å². The van der Waals surface area contributed by atoms with Crippen LogP contribution in [-0.2, 0) is 28.8 Å². The summed E-state index contributed by atoms with van der Waals surface area (Å²) < 4.78 is 17.3. The average molecular weight is 710 g/mol. The minimum Gasteiger partial charge on any atom is -0.444 e. The van der Waals surface area contributed by atoms with Crippen molar-refractivity contribution in [3.8, 4) is 11.1 Å². The summed E-state index contributed by atoms with van der Waals surface area (Å²) in [6, 6.07) is 5.23. The molecule has 0 aliphatic carbocycles. The number of alkyl carbamates (subject to hydrolysis) is 1. The Morgan fingerprint density at radius 2 is 1.71 bits per heavy atom. The first-order chi connectivity index (χ1) is 22.8. The van der Waals surface area contributed by atoms with Crippen molar-refractivity contribution in [2.75, 3.05) is 11.5 Å². The normalized spacial score (nSPS) is 20.1. The minimum absolute atomic E-state index is 0.000660. The largest absolute Gasteiger partial charge is 0.444 e. The van der Waals surface area contributed by atoms with Gasteiger partial charge in [-0.1, -0.05) is 37.3 Å². The molecule has 0 spiro atoms. The summed E-state index contributed by atoms with van der Waals surface area (Å²) in [6.45, 7) is 19.8. The quantitative estimate of drug-likeness (QED) is 0.149. The summed E-state index contributed by atoms with van der Waals surface area (Å²) in [5.74, 6) is 0.640. The van der Waals surface area contributed by atoms with Crippen LogP contribution < -0.4 is 15.8 Å². The van der Waals surface area contributed by atoms with E-state index in [0.29, 0.717) is 28.6 Å². The van der Waals surface area contributed by atoms with Gasteiger partial charge in [-0.25, -0.2) is 4.79 Å². The Labute approximate surface area is 294 Å². The Bertz CT molecular complexity index is 1930. The smallest absolute Gasteiger partial charge is 0.407 e. The number of halogens is 1. The van der Waals surface area contributed by atoms with Crippen LogP contribution in [0.25, 0.3) is 33.1 Å². The highest BCUT2D eigenvalue weighted by molar-refractivity contribution is 6.76. The molecule has 1 amide bonds. The van der Waals surface area contributed by atoms with E-state index in [1.54, 1.807) is 11.6 Å². The van der Waals surface area contributed by atoms with Crippen molar-refractivity contribution >= 4 is 53.7 Å². The van der Waals surface area contributed by atoms with Crippen molar-refractivity contribution in [3.05, 3.63) is 39.9 Å². The molecule has 2 aliphatic heterocycles. The number of hydrogen-bond acceptors (Lipinski definition) is 7. The molecule has 2 saturated heterocycles. The van der Waals surface area contributed by atoms with Gasteiger partial charge in [-0.2, -0.15) is 10.1 Å². The number of carbonyl (C=O) groups excluding carboxylic acids is 1. The first kappa shape index (κ1) is 35.5. The van der Waals surface area contributed by atoms with Crippen molar-refractivity contribution in [2.24, 2.45) is 7.05 Å². The minimum atomic E-state index is -1.30. The monoisotopic (exact) mass is 709 g/mol. The van der Waals surface area contributed by atoms with Crippen LogP contribution in [0.15, 0.2) is 29.3 Å². The maximum Gasteiger partial charge on any atom is 0.407 e. The Hall–Kier alpha value is -3.35. The van der Waals surface area contributed by atoms with Crippen LogP contribution in [0.4, 0.5) is 10.7 Å². The average Bonchev–Trinajstić information content (AvgIpc) is 3.64. The van der Waals surface area contributed by atoms with Crippen molar-refractivity contribution in [1.29, 1.82) is 0 Å². The maximum absolute atomic E-state index is 14.5. The lowest BCUT2D eigenvalue weighted by Gasteiger charge is -2.40. The van der Waals surface area contributed by atoms with Crippen LogP contribution in [-0.4, -0.2) is 68.4 Å². The van der Waals surface area contributed by atoms with Crippen LogP contribution >= 0.6 is 11.6 Å². The van der Waals surface area contributed by atoms with E-state index >= 15 is 0 Å². The van der Waals surface area contributed by atoms with Crippen LogP contribution in [0, 0.1) is 0 Å². The van der Waals surface area contributed by atoms with Gasteiger partial charge < -0.3 is 24.3 Å². The van der Waals surface area contributed by atoms with Gasteiger partial charge in [0.05, 0.1) is 21.5 Å². The van der Waals surface area contributed by atoms with Crippen molar-refractivity contribution < 1.29 is 14.3 Å². The van der Waals surface area contributed by atoms with Gasteiger partial charge in [-0.15, -0.1) is 0 Å². The zero-order valence-corrected chi connectivity index (χ0v) is 32.4. The molecule has 13 heteroatoms. The van der Waals surface area contributed by atoms with Crippen LogP contribution in [0.1, 0.15) is 67.2 Å². The topological polar surface area (TPSA) is 108 Å². The summed E-state index contributed by atoms with van der Waals surface area (Å²) >= 11 is 7.14. The Morgan fingerprint density at radius 1 is 1.04 bits per heavy atom. The summed E-state index contributed by atoms with van der Waals surface area (Å²) in [4.78, 5) is 34.6. The third-order valence-corrected chi connectivity index (χ3v) is 11.7. The summed E-state index contributed by atoms with van der Waals surface area (Å²) in [5, 5.41) is 9.75. The number of nitrogens with one attached hydrogen (secondary N) is 1. The Morgan fingerprint density at radius 3 is 2.33 bits per heavy atom. The second-order valence-corrected chi connectivity index (χ2v) is 23.0. The third-order valence-electron chi connectivity index (χ3n) is 9.59. The van der Waals surface area contributed by atoms with Gasteiger partial charge in [0, 0.05) is 68.8 Å². The van der Waals surface area contributed by atoms with Gasteiger partial charge in [0.2, 0.25) is 5.95 Å². The molecule has 2 atom stereocenters. The number of anilines is 1. The van der Waals surface area contributed by atoms with E-state index in [9.17, 15) is 9.59 Å². The van der Waals surface area contributed by atoms with Crippen LogP contribution in [0.5, 0.6) is 0 Å². The molecular formula is C36H52ClN7O4Si. The molecule has 266 valence electrons. The molecule has 4 aromatic rings.